The maximum Gasteiger partial charge on any atom is 0.343 e. The Bertz CT molecular complexity index is 807. The Morgan fingerprint density at radius 2 is 2.35 bits per heavy atom. The summed E-state index contributed by atoms with van der Waals surface area (Å²) in [5, 5.41) is 12.1. The van der Waals surface area contributed by atoms with Crippen LogP contribution < -0.4 is 5.69 Å². The van der Waals surface area contributed by atoms with Crippen LogP contribution in [0.15, 0.2) is 27.4 Å². The van der Waals surface area contributed by atoms with E-state index in [1.54, 1.807) is 15.1 Å². The fraction of sp³-hybridized carbons (Fsp3) is 0.300. The van der Waals surface area contributed by atoms with E-state index in [-0.39, 0.29) is 5.69 Å². The zero-order valence-corrected chi connectivity index (χ0v) is 12.0. The minimum atomic E-state index is -0.232. The monoisotopic (exact) mass is 311 g/mol. The Balaban J connectivity index is 2.05. The van der Waals surface area contributed by atoms with Crippen molar-refractivity contribution in [3.8, 4) is 0 Å². The van der Waals surface area contributed by atoms with Crippen molar-refractivity contribution in [2.45, 2.75) is 30.1 Å². The molecule has 0 saturated carbocycles. The topological polar surface area (TPSA) is 93.8 Å². The smallest absolute Gasteiger partial charge is 0.270 e. The molecular formula is C10H10ClN7OS. The first-order valence-electron chi connectivity index (χ1n) is 5.88. The maximum atomic E-state index is 11.7. The lowest BCUT2D eigenvalue weighted by Crippen LogP contribution is -2.17. The molecule has 1 N–H and O–H groups in total. The second kappa shape index (κ2) is 5.25. The predicted octanol–water partition coefficient (Wildman–Crippen LogP) is 1.22. The average Bonchev–Trinajstić information content (AvgIpc) is 3.00. The summed E-state index contributed by atoms with van der Waals surface area (Å²) >= 11 is 7.23. The summed E-state index contributed by atoms with van der Waals surface area (Å²) < 4.78 is 3.12. The zero-order chi connectivity index (χ0) is 14.1. The summed E-state index contributed by atoms with van der Waals surface area (Å²) in [6.07, 6.45) is 2.23. The Labute approximate surface area is 122 Å². The molecule has 0 atom stereocenters. The van der Waals surface area contributed by atoms with Gasteiger partial charge < -0.3 is 0 Å². The van der Waals surface area contributed by atoms with Crippen molar-refractivity contribution in [3.05, 3.63) is 28.0 Å². The number of halogens is 1. The quantitative estimate of drug-likeness (QED) is 0.728. The van der Waals surface area contributed by atoms with Crippen molar-refractivity contribution >= 4 is 29.1 Å². The fourth-order valence-corrected chi connectivity index (χ4v) is 2.92. The molecular weight excluding hydrogens is 302 g/mol. The Morgan fingerprint density at radius 3 is 3.15 bits per heavy atom. The molecule has 0 aromatic carbocycles. The molecule has 0 fully saturated rings. The van der Waals surface area contributed by atoms with Crippen LogP contribution >= 0.6 is 23.4 Å². The van der Waals surface area contributed by atoms with E-state index in [1.165, 1.54) is 18.1 Å². The number of rotatable bonds is 4. The van der Waals surface area contributed by atoms with Crippen molar-refractivity contribution in [1.29, 1.82) is 0 Å². The van der Waals surface area contributed by atoms with Gasteiger partial charge in [0.1, 0.15) is 16.5 Å². The van der Waals surface area contributed by atoms with Gasteiger partial charge in [0.15, 0.2) is 5.16 Å². The summed E-state index contributed by atoms with van der Waals surface area (Å²) in [6, 6.07) is 1.66. The molecule has 0 radical (unpaired) electrons. The van der Waals surface area contributed by atoms with Gasteiger partial charge in [-0.25, -0.2) is 9.89 Å². The third-order valence-corrected chi connectivity index (χ3v) is 3.74. The molecule has 104 valence electrons. The number of aromatic amines is 1. The first kappa shape index (κ1) is 13.1. The molecule has 0 aliphatic heterocycles. The molecule has 3 aromatic rings. The van der Waals surface area contributed by atoms with Crippen molar-refractivity contribution in [2.24, 2.45) is 0 Å². The Hall–Kier alpha value is -1.87. The van der Waals surface area contributed by atoms with Gasteiger partial charge in [-0.1, -0.05) is 18.5 Å². The maximum absolute atomic E-state index is 11.7. The van der Waals surface area contributed by atoms with Crippen LogP contribution in [0.5, 0.6) is 0 Å². The molecule has 10 heteroatoms. The van der Waals surface area contributed by atoms with Crippen molar-refractivity contribution in [3.63, 3.8) is 0 Å². The second-order valence-corrected chi connectivity index (χ2v) is 5.33. The van der Waals surface area contributed by atoms with E-state index in [0.29, 0.717) is 27.7 Å². The van der Waals surface area contributed by atoms with Gasteiger partial charge >= 0.3 is 5.69 Å². The van der Waals surface area contributed by atoms with E-state index < -0.39 is 0 Å². The van der Waals surface area contributed by atoms with Gasteiger partial charge in [-0.2, -0.15) is 19.6 Å². The van der Waals surface area contributed by atoms with E-state index in [0.717, 1.165) is 6.42 Å². The third-order valence-electron chi connectivity index (χ3n) is 2.55. The molecule has 3 heterocycles. The molecule has 3 aromatic heterocycles. The molecule has 0 saturated heterocycles. The molecule has 0 spiro atoms. The number of nitrogens with zero attached hydrogens (tertiary/aromatic N) is 6. The lowest BCUT2D eigenvalue weighted by molar-refractivity contribution is 0.603. The van der Waals surface area contributed by atoms with Crippen LogP contribution in [-0.2, 0) is 6.54 Å². The summed E-state index contributed by atoms with van der Waals surface area (Å²) in [5.41, 5.74) is -0.232. The van der Waals surface area contributed by atoms with Crippen LogP contribution in [0.4, 0.5) is 0 Å². The van der Waals surface area contributed by atoms with Crippen LogP contribution in [0.1, 0.15) is 13.3 Å². The highest BCUT2D eigenvalue weighted by Crippen LogP contribution is 2.26. The summed E-state index contributed by atoms with van der Waals surface area (Å²) in [4.78, 5) is 19.7. The van der Waals surface area contributed by atoms with Crippen LogP contribution in [0, 0.1) is 0 Å². The number of H-pyrrole nitrogens is 1. The molecule has 0 amide bonds. The van der Waals surface area contributed by atoms with Crippen LogP contribution in [0.25, 0.3) is 5.78 Å². The highest BCUT2D eigenvalue weighted by Gasteiger charge is 2.13. The first-order chi connectivity index (χ1) is 9.69. The predicted molar refractivity (Wildman–Crippen MR) is 73.1 cm³/mol. The highest BCUT2D eigenvalue weighted by atomic mass is 35.5. The molecule has 0 bridgehead atoms. The first-order valence-corrected chi connectivity index (χ1v) is 7.08. The molecule has 20 heavy (non-hydrogen) atoms. The van der Waals surface area contributed by atoms with Gasteiger partial charge in [-0.15, -0.1) is 5.10 Å². The second-order valence-electron chi connectivity index (χ2n) is 3.95. The molecule has 8 nitrogen and oxygen atoms in total. The average molecular weight is 312 g/mol. The normalized spacial score (nSPS) is 11.3. The van der Waals surface area contributed by atoms with Crippen LogP contribution in [0.3, 0.4) is 0 Å². The van der Waals surface area contributed by atoms with E-state index in [2.05, 4.69) is 25.3 Å². The lowest BCUT2D eigenvalue weighted by Gasteiger charge is -2.05. The van der Waals surface area contributed by atoms with Gasteiger partial charge in [0.2, 0.25) is 0 Å². The zero-order valence-electron chi connectivity index (χ0n) is 10.4. The Kier molecular flexibility index (Phi) is 3.45. The van der Waals surface area contributed by atoms with Crippen LogP contribution in [0.2, 0.25) is 5.15 Å². The molecule has 3 rings (SSSR count). The van der Waals surface area contributed by atoms with Gasteiger partial charge in [0, 0.05) is 12.6 Å². The summed E-state index contributed by atoms with van der Waals surface area (Å²) in [5.74, 6) is 0.403. The van der Waals surface area contributed by atoms with Gasteiger partial charge in [-0.05, 0) is 18.2 Å². The van der Waals surface area contributed by atoms with Crippen molar-refractivity contribution in [2.75, 3.05) is 0 Å². The van der Waals surface area contributed by atoms with Gasteiger partial charge in [0.05, 0.1) is 0 Å². The lowest BCUT2D eigenvalue weighted by atomic mass is 10.5. The minimum absolute atomic E-state index is 0.232. The van der Waals surface area contributed by atoms with E-state index >= 15 is 0 Å². The largest absolute Gasteiger partial charge is 0.343 e. The molecule has 0 aliphatic rings. The van der Waals surface area contributed by atoms with Crippen molar-refractivity contribution in [1.82, 2.24) is 34.3 Å². The highest BCUT2D eigenvalue weighted by molar-refractivity contribution is 7.99. The molecule has 0 unspecified atom stereocenters. The third kappa shape index (κ3) is 2.29. The number of aromatic nitrogens is 7. The standard InChI is InChI=1S/C10H10ClN7OS/c1-2-3-17-9(19)15-16-10(17)20-7-4-6(11)14-8-12-5-13-18(7)8/h4-5H,2-3H2,1H3,(H,15,19). The van der Waals surface area contributed by atoms with Crippen molar-refractivity contribution < 1.29 is 0 Å². The summed E-state index contributed by atoms with van der Waals surface area (Å²) in [6.45, 7) is 2.59. The van der Waals surface area contributed by atoms with Gasteiger partial charge in [0.25, 0.3) is 5.78 Å². The van der Waals surface area contributed by atoms with E-state index in [1.807, 2.05) is 6.92 Å². The number of hydrogen-bond acceptors (Lipinski definition) is 6. The number of hydrogen-bond donors (Lipinski definition) is 1. The number of fused-ring (bicyclic) bond motifs is 1. The molecule has 0 aliphatic carbocycles. The number of nitrogens with one attached hydrogen (secondary N) is 1. The summed E-state index contributed by atoms with van der Waals surface area (Å²) in [7, 11) is 0. The van der Waals surface area contributed by atoms with Crippen LogP contribution in [-0.4, -0.2) is 34.3 Å². The van der Waals surface area contributed by atoms with E-state index in [4.69, 9.17) is 11.6 Å². The SMILES string of the molecule is CCCn1c(Sc2cc(Cl)nc3ncnn23)n[nH]c1=O. The van der Waals surface area contributed by atoms with Gasteiger partial charge in [-0.3, -0.25) is 4.57 Å². The minimum Gasteiger partial charge on any atom is -0.270 e. The van der Waals surface area contributed by atoms with E-state index in [9.17, 15) is 4.79 Å². The Morgan fingerprint density at radius 1 is 1.50 bits per heavy atom. The fourth-order valence-electron chi connectivity index (χ4n) is 1.73.